The Balaban J connectivity index is 2.50. The average molecular weight is 268 g/mol. The molecule has 2 N–H and O–H groups in total. The molecule has 98 valence electrons. The summed E-state index contributed by atoms with van der Waals surface area (Å²) >= 11 is 0. The van der Waals surface area contributed by atoms with Crippen LogP contribution in [0.2, 0.25) is 0 Å². The van der Waals surface area contributed by atoms with Crippen molar-refractivity contribution in [2.45, 2.75) is 6.42 Å². The number of nitrogens with one attached hydrogen (secondary N) is 2. The number of amides is 1. The highest BCUT2D eigenvalue weighted by atomic mass is 32.2. The summed E-state index contributed by atoms with van der Waals surface area (Å²) in [6.45, 7) is 0.0845. The molecular weight excluding hydrogens is 252 g/mol. The lowest BCUT2D eigenvalue weighted by molar-refractivity contribution is -0.120. The number of carbonyl (C=O) groups is 1. The Labute approximate surface area is 107 Å². The number of hydrogen-bond donors (Lipinski definition) is 2. The van der Waals surface area contributed by atoms with Crippen LogP contribution in [-0.2, 0) is 14.8 Å². The van der Waals surface area contributed by atoms with Crippen LogP contribution in [-0.4, -0.2) is 27.9 Å². The van der Waals surface area contributed by atoms with Crippen molar-refractivity contribution in [1.29, 1.82) is 0 Å². The molecule has 0 radical (unpaired) electrons. The first-order chi connectivity index (χ1) is 8.53. The third-order valence-corrected chi connectivity index (χ3v) is 3.27. The number of carbonyl (C=O) groups excluding carboxylic acids is 1. The van der Waals surface area contributed by atoms with Crippen molar-refractivity contribution in [3.63, 3.8) is 0 Å². The Kier molecular flexibility index (Phi) is 5.54. The van der Waals surface area contributed by atoms with Crippen molar-refractivity contribution in [3.05, 3.63) is 41.3 Å². The fourth-order valence-corrected chi connectivity index (χ4v) is 2.03. The van der Waals surface area contributed by atoms with Crippen LogP contribution in [0.15, 0.2) is 35.7 Å². The van der Waals surface area contributed by atoms with Gasteiger partial charge in [0, 0.05) is 25.4 Å². The smallest absolute Gasteiger partial charge is 0.233 e. The van der Waals surface area contributed by atoms with Gasteiger partial charge in [-0.15, -0.1) is 0 Å². The molecule has 0 aliphatic rings. The Hall–Kier alpha value is -1.66. The number of rotatable bonds is 6. The zero-order chi connectivity index (χ0) is 13.4. The maximum Gasteiger partial charge on any atom is 0.233 e. The van der Waals surface area contributed by atoms with E-state index in [0.717, 1.165) is 11.0 Å². The van der Waals surface area contributed by atoms with Gasteiger partial charge in [-0.2, -0.15) is 0 Å². The lowest BCUT2D eigenvalue weighted by atomic mass is 10.2. The molecule has 0 bridgehead atoms. The highest BCUT2D eigenvalue weighted by Gasteiger charge is 2.05. The summed E-state index contributed by atoms with van der Waals surface area (Å²) in [7, 11) is -1.99. The molecule has 0 aromatic heterocycles. The minimum Gasteiger partial charge on any atom is -0.359 e. The molecule has 5 nitrogen and oxygen atoms in total. The van der Waals surface area contributed by atoms with Gasteiger partial charge in [-0.3, -0.25) is 4.79 Å². The molecule has 0 aliphatic carbocycles. The van der Waals surface area contributed by atoms with Gasteiger partial charge in [-0.05, 0) is 11.6 Å². The first-order valence-electron chi connectivity index (χ1n) is 5.47. The van der Waals surface area contributed by atoms with Crippen LogP contribution in [0.3, 0.4) is 0 Å². The Bertz CT molecular complexity index is 509. The van der Waals surface area contributed by atoms with E-state index >= 15 is 0 Å². The molecule has 1 rings (SSSR count). The van der Waals surface area contributed by atoms with E-state index in [0.29, 0.717) is 0 Å². The van der Waals surface area contributed by atoms with Gasteiger partial charge in [0.15, 0.2) is 0 Å². The lowest BCUT2D eigenvalue weighted by Gasteiger charge is -2.01. The monoisotopic (exact) mass is 268 g/mol. The molecule has 18 heavy (non-hydrogen) atoms. The molecule has 0 saturated heterocycles. The van der Waals surface area contributed by atoms with E-state index in [1.165, 1.54) is 13.1 Å². The highest BCUT2D eigenvalue weighted by molar-refractivity contribution is 7.92. The predicted molar refractivity (Wildman–Crippen MR) is 71.1 cm³/mol. The summed E-state index contributed by atoms with van der Waals surface area (Å²) in [6, 6.07) is 9.11. The van der Waals surface area contributed by atoms with Gasteiger partial charge in [-0.1, -0.05) is 30.3 Å². The van der Waals surface area contributed by atoms with Gasteiger partial charge in [0.1, 0.15) is 0 Å². The maximum absolute atomic E-state index is 11.5. The van der Waals surface area contributed by atoms with Crippen LogP contribution in [0.5, 0.6) is 0 Å². The van der Waals surface area contributed by atoms with Crippen LogP contribution < -0.4 is 10.0 Å². The first-order valence-corrected chi connectivity index (χ1v) is 7.01. The van der Waals surface area contributed by atoms with Crippen molar-refractivity contribution in [3.8, 4) is 0 Å². The second-order valence-electron chi connectivity index (χ2n) is 3.58. The summed E-state index contributed by atoms with van der Waals surface area (Å²) in [5.41, 5.74) is 0.800. The molecular formula is C12H16N2O3S. The normalized spacial score (nSPS) is 11.6. The predicted octanol–water partition coefficient (Wildman–Crippen LogP) is 0.713. The summed E-state index contributed by atoms with van der Waals surface area (Å²) in [4.78, 5) is 10.9. The van der Waals surface area contributed by atoms with Gasteiger partial charge < -0.3 is 5.32 Å². The molecule has 0 aliphatic heterocycles. The molecule has 6 heteroatoms. The Morgan fingerprint density at radius 2 is 1.94 bits per heavy atom. The number of sulfonamides is 1. The average Bonchev–Trinajstić information content (AvgIpc) is 2.37. The summed E-state index contributed by atoms with van der Waals surface area (Å²) in [5, 5.41) is 3.51. The topological polar surface area (TPSA) is 75.3 Å². The fourth-order valence-electron chi connectivity index (χ4n) is 1.21. The molecule has 0 fully saturated rings. The van der Waals surface area contributed by atoms with Gasteiger partial charge in [0.05, 0.1) is 0 Å². The second kappa shape index (κ2) is 6.93. The van der Waals surface area contributed by atoms with Gasteiger partial charge >= 0.3 is 0 Å². The van der Waals surface area contributed by atoms with Crippen molar-refractivity contribution >= 4 is 22.0 Å². The van der Waals surface area contributed by atoms with Crippen LogP contribution >= 0.6 is 0 Å². The van der Waals surface area contributed by atoms with E-state index in [9.17, 15) is 13.2 Å². The molecule has 1 aromatic carbocycles. The van der Waals surface area contributed by atoms with E-state index in [1.54, 1.807) is 12.1 Å². The summed E-state index contributed by atoms with van der Waals surface area (Å²) < 4.78 is 25.4. The molecule has 0 spiro atoms. The van der Waals surface area contributed by atoms with Crippen molar-refractivity contribution < 1.29 is 13.2 Å². The van der Waals surface area contributed by atoms with Crippen LogP contribution in [0.4, 0.5) is 0 Å². The molecule has 1 amide bonds. The zero-order valence-corrected chi connectivity index (χ0v) is 10.9. The van der Waals surface area contributed by atoms with E-state index in [1.807, 2.05) is 18.2 Å². The van der Waals surface area contributed by atoms with Crippen LogP contribution in [0.25, 0.3) is 6.08 Å². The number of hydrogen-bond acceptors (Lipinski definition) is 3. The molecule has 0 heterocycles. The molecule has 0 atom stereocenters. The van der Waals surface area contributed by atoms with Gasteiger partial charge in [0.25, 0.3) is 0 Å². The largest absolute Gasteiger partial charge is 0.359 e. The Morgan fingerprint density at radius 1 is 1.28 bits per heavy atom. The third-order valence-electron chi connectivity index (χ3n) is 2.17. The standard InChI is InChI=1S/C12H16N2O3S/c1-13-12(15)7-9-14-18(16,17)10-8-11-5-3-2-4-6-11/h2-6,8,10,14H,7,9H2,1H3,(H,13,15)/b10-8+. The number of benzene rings is 1. The summed E-state index contributed by atoms with van der Waals surface area (Å²) in [6.07, 6.45) is 1.62. The highest BCUT2D eigenvalue weighted by Crippen LogP contribution is 2.02. The second-order valence-corrected chi connectivity index (χ2v) is 5.23. The maximum atomic E-state index is 11.5. The van der Waals surface area contributed by atoms with Crippen LogP contribution in [0.1, 0.15) is 12.0 Å². The zero-order valence-electron chi connectivity index (χ0n) is 10.1. The van der Waals surface area contributed by atoms with E-state index in [2.05, 4.69) is 10.0 Å². The SMILES string of the molecule is CNC(=O)CCNS(=O)(=O)/C=C/c1ccccc1. The minimum absolute atomic E-state index is 0.0845. The first kappa shape index (κ1) is 14.4. The quantitative estimate of drug-likeness (QED) is 0.798. The lowest BCUT2D eigenvalue weighted by Crippen LogP contribution is -2.27. The molecule has 0 saturated carbocycles. The summed E-state index contributed by atoms with van der Waals surface area (Å²) in [5.74, 6) is -0.204. The Morgan fingerprint density at radius 3 is 2.56 bits per heavy atom. The van der Waals surface area contributed by atoms with E-state index in [4.69, 9.17) is 0 Å². The van der Waals surface area contributed by atoms with E-state index < -0.39 is 10.0 Å². The van der Waals surface area contributed by atoms with Gasteiger partial charge in [0.2, 0.25) is 15.9 Å². The van der Waals surface area contributed by atoms with Crippen LogP contribution in [0, 0.1) is 0 Å². The third kappa shape index (κ3) is 5.60. The van der Waals surface area contributed by atoms with Crippen molar-refractivity contribution in [2.75, 3.05) is 13.6 Å². The minimum atomic E-state index is -3.49. The van der Waals surface area contributed by atoms with Crippen molar-refractivity contribution in [1.82, 2.24) is 10.0 Å². The van der Waals surface area contributed by atoms with E-state index in [-0.39, 0.29) is 18.9 Å². The van der Waals surface area contributed by atoms with Crippen molar-refractivity contribution in [2.24, 2.45) is 0 Å². The fraction of sp³-hybridized carbons (Fsp3) is 0.250. The molecule has 0 unspecified atom stereocenters. The van der Waals surface area contributed by atoms with Gasteiger partial charge in [-0.25, -0.2) is 13.1 Å². The molecule has 1 aromatic rings.